The van der Waals surface area contributed by atoms with Crippen LogP contribution in [0.2, 0.25) is 0 Å². The van der Waals surface area contributed by atoms with E-state index in [1.807, 2.05) is 12.1 Å². The third-order valence-corrected chi connectivity index (χ3v) is 3.84. The van der Waals surface area contributed by atoms with Gasteiger partial charge >= 0.3 is 6.18 Å². The molecule has 3 rings (SSSR count). The molecule has 2 aromatic carbocycles. The number of nitrogens with zero attached hydrogens (tertiary/aromatic N) is 2. The third kappa shape index (κ3) is 4.60. The van der Waals surface area contributed by atoms with Crippen molar-refractivity contribution in [1.29, 1.82) is 0 Å². The van der Waals surface area contributed by atoms with Gasteiger partial charge in [0.05, 0.1) is 5.56 Å². The van der Waals surface area contributed by atoms with Crippen LogP contribution < -0.4 is 11.1 Å². The summed E-state index contributed by atoms with van der Waals surface area (Å²) in [6.45, 7) is 0.165. The Bertz CT molecular complexity index is 956. The second-order valence-electron chi connectivity index (χ2n) is 5.79. The zero-order valence-electron chi connectivity index (χ0n) is 14.0. The van der Waals surface area contributed by atoms with Crippen LogP contribution in [0.1, 0.15) is 21.5 Å². The van der Waals surface area contributed by atoms with E-state index in [0.29, 0.717) is 0 Å². The molecule has 8 heteroatoms. The van der Waals surface area contributed by atoms with Gasteiger partial charge in [0.1, 0.15) is 0 Å². The Kier molecular flexibility index (Phi) is 5.07. The number of aromatic nitrogens is 2. The maximum atomic E-state index is 12.8. The van der Waals surface area contributed by atoms with Crippen LogP contribution in [0.15, 0.2) is 60.9 Å². The largest absolute Gasteiger partial charge is 0.416 e. The molecule has 0 saturated carbocycles. The van der Waals surface area contributed by atoms with Gasteiger partial charge in [0.25, 0.3) is 5.91 Å². The van der Waals surface area contributed by atoms with Crippen LogP contribution >= 0.6 is 0 Å². The fourth-order valence-electron chi connectivity index (χ4n) is 2.47. The Labute approximate surface area is 153 Å². The number of nitrogens with one attached hydrogen (secondary N) is 1. The fraction of sp³-hybridized carbons (Fsp3) is 0.105. The van der Waals surface area contributed by atoms with Crippen molar-refractivity contribution in [3.63, 3.8) is 0 Å². The number of carbonyl (C=O) groups excluding carboxylic acids is 1. The summed E-state index contributed by atoms with van der Waals surface area (Å²) in [5.41, 5.74) is 6.94. The summed E-state index contributed by atoms with van der Waals surface area (Å²) in [5.74, 6) is -0.412. The molecule has 3 N–H and O–H groups in total. The minimum atomic E-state index is -4.49. The van der Waals surface area contributed by atoms with Crippen molar-refractivity contribution >= 4 is 11.9 Å². The SMILES string of the molecule is Nc1ncc(-c2cccc(CNC(=O)c3cccc(C(F)(F)F)c3)c2)cn1. The van der Waals surface area contributed by atoms with Crippen molar-refractivity contribution in [2.45, 2.75) is 12.7 Å². The summed E-state index contributed by atoms with van der Waals surface area (Å²) in [6, 6.07) is 11.6. The molecule has 3 aromatic rings. The predicted octanol–water partition coefficient (Wildman–Crippen LogP) is 3.67. The van der Waals surface area contributed by atoms with Crippen LogP contribution in [-0.2, 0) is 12.7 Å². The van der Waals surface area contributed by atoms with Crippen molar-refractivity contribution in [1.82, 2.24) is 15.3 Å². The lowest BCUT2D eigenvalue weighted by molar-refractivity contribution is -0.137. The van der Waals surface area contributed by atoms with Crippen molar-refractivity contribution in [3.8, 4) is 11.1 Å². The van der Waals surface area contributed by atoms with Gasteiger partial charge in [-0.05, 0) is 35.4 Å². The Morgan fingerprint density at radius 3 is 2.41 bits per heavy atom. The smallest absolute Gasteiger partial charge is 0.368 e. The van der Waals surface area contributed by atoms with Crippen molar-refractivity contribution in [2.75, 3.05) is 5.73 Å². The number of alkyl halides is 3. The van der Waals surface area contributed by atoms with E-state index in [0.717, 1.165) is 28.8 Å². The summed E-state index contributed by atoms with van der Waals surface area (Å²) in [4.78, 5) is 20.0. The average Bonchev–Trinajstić information content (AvgIpc) is 2.66. The van der Waals surface area contributed by atoms with E-state index in [1.54, 1.807) is 24.5 Å². The average molecular weight is 372 g/mol. The molecule has 0 aliphatic heterocycles. The molecule has 27 heavy (non-hydrogen) atoms. The van der Waals surface area contributed by atoms with E-state index >= 15 is 0 Å². The topological polar surface area (TPSA) is 80.9 Å². The molecular formula is C19H15F3N4O. The molecule has 0 fully saturated rings. The molecule has 0 spiro atoms. The van der Waals surface area contributed by atoms with Crippen molar-refractivity contribution in [2.24, 2.45) is 0 Å². The number of hydrogen-bond donors (Lipinski definition) is 2. The van der Waals surface area contributed by atoms with Gasteiger partial charge in [-0.2, -0.15) is 13.2 Å². The van der Waals surface area contributed by atoms with Crippen LogP contribution in [0, 0.1) is 0 Å². The lowest BCUT2D eigenvalue weighted by Crippen LogP contribution is -2.23. The molecule has 0 atom stereocenters. The van der Waals surface area contributed by atoms with E-state index < -0.39 is 17.6 Å². The molecule has 138 valence electrons. The van der Waals surface area contributed by atoms with E-state index in [1.165, 1.54) is 12.1 Å². The molecule has 0 aliphatic rings. The van der Waals surface area contributed by atoms with Gasteiger partial charge in [-0.1, -0.05) is 24.3 Å². The van der Waals surface area contributed by atoms with E-state index in [2.05, 4.69) is 15.3 Å². The number of benzene rings is 2. The first kappa shape index (κ1) is 18.4. The number of hydrogen-bond acceptors (Lipinski definition) is 4. The Hall–Kier alpha value is -3.42. The number of nitrogen functional groups attached to an aromatic ring is 1. The first-order valence-corrected chi connectivity index (χ1v) is 7.95. The molecule has 1 aromatic heterocycles. The number of anilines is 1. The first-order valence-electron chi connectivity index (χ1n) is 7.95. The number of amides is 1. The van der Waals surface area contributed by atoms with Gasteiger partial charge in [0.15, 0.2) is 0 Å². The first-order chi connectivity index (χ1) is 12.8. The molecule has 1 amide bonds. The molecule has 1 heterocycles. The molecular weight excluding hydrogens is 357 g/mol. The van der Waals surface area contributed by atoms with Gasteiger partial charge in [0.2, 0.25) is 5.95 Å². The minimum Gasteiger partial charge on any atom is -0.368 e. The lowest BCUT2D eigenvalue weighted by atomic mass is 10.1. The number of halogens is 3. The predicted molar refractivity (Wildman–Crippen MR) is 94.5 cm³/mol. The third-order valence-electron chi connectivity index (χ3n) is 3.84. The second-order valence-corrected chi connectivity index (χ2v) is 5.79. The lowest BCUT2D eigenvalue weighted by Gasteiger charge is -2.10. The Morgan fingerprint density at radius 2 is 1.70 bits per heavy atom. The highest BCUT2D eigenvalue weighted by Gasteiger charge is 2.30. The summed E-state index contributed by atoms with van der Waals surface area (Å²) in [5, 5.41) is 2.62. The van der Waals surface area contributed by atoms with Crippen LogP contribution in [0.5, 0.6) is 0 Å². The highest BCUT2D eigenvalue weighted by atomic mass is 19.4. The highest BCUT2D eigenvalue weighted by Crippen LogP contribution is 2.29. The maximum absolute atomic E-state index is 12.8. The summed E-state index contributed by atoms with van der Waals surface area (Å²) in [7, 11) is 0. The van der Waals surface area contributed by atoms with Gasteiger partial charge in [0, 0.05) is 30.1 Å². The standard InChI is InChI=1S/C19H15F3N4O/c20-19(21,22)16-6-2-5-14(8-16)17(27)24-9-12-3-1-4-13(7-12)15-10-25-18(23)26-11-15/h1-8,10-11H,9H2,(H,24,27)(H2,23,25,26). The number of rotatable bonds is 4. The molecule has 0 saturated heterocycles. The van der Waals surface area contributed by atoms with E-state index in [9.17, 15) is 18.0 Å². The Morgan fingerprint density at radius 1 is 1.00 bits per heavy atom. The number of carbonyl (C=O) groups is 1. The van der Waals surface area contributed by atoms with Crippen LogP contribution in [0.4, 0.5) is 19.1 Å². The summed E-state index contributed by atoms with van der Waals surface area (Å²) >= 11 is 0. The van der Waals surface area contributed by atoms with Gasteiger partial charge in [-0.25, -0.2) is 9.97 Å². The minimum absolute atomic E-state index is 0.0482. The zero-order chi connectivity index (χ0) is 19.4. The van der Waals surface area contributed by atoms with Crippen LogP contribution in [0.3, 0.4) is 0 Å². The maximum Gasteiger partial charge on any atom is 0.416 e. The molecule has 0 unspecified atom stereocenters. The van der Waals surface area contributed by atoms with Crippen molar-refractivity contribution in [3.05, 3.63) is 77.6 Å². The fourth-order valence-corrected chi connectivity index (χ4v) is 2.47. The molecule has 0 bridgehead atoms. The summed E-state index contributed by atoms with van der Waals surface area (Å²) in [6.07, 6.45) is -1.32. The monoisotopic (exact) mass is 372 g/mol. The normalized spacial score (nSPS) is 11.2. The van der Waals surface area contributed by atoms with Gasteiger partial charge < -0.3 is 11.1 Å². The second kappa shape index (κ2) is 7.45. The Balaban J connectivity index is 1.71. The van der Waals surface area contributed by atoms with Gasteiger partial charge in [-0.15, -0.1) is 0 Å². The summed E-state index contributed by atoms with van der Waals surface area (Å²) < 4.78 is 38.3. The highest BCUT2D eigenvalue weighted by molar-refractivity contribution is 5.94. The number of nitrogens with two attached hydrogens (primary N) is 1. The van der Waals surface area contributed by atoms with Crippen molar-refractivity contribution < 1.29 is 18.0 Å². The van der Waals surface area contributed by atoms with E-state index in [-0.39, 0.29) is 18.1 Å². The van der Waals surface area contributed by atoms with Crippen LogP contribution in [0.25, 0.3) is 11.1 Å². The quantitative estimate of drug-likeness (QED) is 0.732. The zero-order valence-corrected chi connectivity index (χ0v) is 14.0. The molecule has 0 radical (unpaired) electrons. The molecule has 0 aliphatic carbocycles. The van der Waals surface area contributed by atoms with Crippen LogP contribution in [-0.4, -0.2) is 15.9 Å². The van der Waals surface area contributed by atoms with Gasteiger partial charge in [-0.3, -0.25) is 4.79 Å². The van der Waals surface area contributed by atoms with E-state index in [4.69, 9.17) is 5.73 Å². The molecule has 5 nitrogen and oxygen atoms in total.